The van der Waals surface area contributed by atoms with Gasteiger partial charge in [0.1, 0.15) is 5.75 Å². The summed E-state index contributed by atoms with van der Waals surface area (Å²) in [5.41, 5.74) is 2.93. The second kappa shape index (κ2) is 7.19. The van der Waals surface area contributed by atoms with Crippen molar-refractivity contribution in [1.29, 1.82) is 0 Å². The van der Waals surface area contributed by atoms with Crippen LogP contribution in [0.1, 0.15) is 48.8 Å². The lowest BCUT2D eigenvalue weighted by Crippen LogP contribution is -2.60. The van der Waals surface area contributed by atoms with Crippen LogP contribution in [0, 0.1) is 0 Å². The van der Waals surface area contributed by atoms with Crippen molar-refractivity contribution in [2.24, 2.45) is 0 Å². The van der Waals surface area contributed by atoms with E-state index >= 15 is 0 Å². The molecule has 0 bridgehead atoms. The van der Waals surface area contributed by atoms with Gasteiger partial charge in [-0.3, -0.25) is 0 Å². The zero-order valence-electron chi connectivity index (χ0n) is 15.0. The van der Waals surface area contributed by atoms with Crippen molar-refractivity contribution in [3.63, 3.8) is 0 Å². The molecule has 0 aromatic heterocycles. The molecule has 2 aromatic carbocycles. The third-order valence-electron chi connectivity index (χ3n) is 6.05. The van der Waals surface area contributed by atoms with Crippen molar-refractivity contribution in [1.82, 2.24) is 10.6 Å². The van der Waals surface area contributed by atoms with Crippen molar-refractivity contribution in [3.8, 4) is 5.75 Å². The van der Waals surface area contributed by atoms with Gasteiger partial charge in [-0.15, -0.1) is 0 Å². The van der Waals surface area contributed by atoms with E-state index in [-0.39, 0.29) is 5.54 Å². The molecule has 132 valence electrons. The van der Waals surface area contributed by atoms with Crippen LogP contribution in [0.15, 0.2) is 54.6 Å². The molecule has 1 spiro atoms. The van der Waals surface area contributed by atoms with Crippen LogP contribution in [-0.2, 0) is 0 Å². The summed E-state index contributed by atoms with van der Waals surface area (Å²) in [5.74, 6) is 1.55. The molecule has 25 heavy (non-hydrogen) atoms. The van der Waals surface area contributed by atoms with E-state index in [1.54, 1.807) is 7.11 Å². The Balaban J connectivity index is 1.54. The van der Waals surface area contributed by atoms with E-state index in [0.717, 1.165) is 18.8 Å². The fourth-order valence-corrected chi connectivity index (χ4v) is 4.75. The normalized spacial score (nSPS) is 29.5. The first-order valence-electron chi connectivity index (χ1n) is 9.49. The fraction of sp³-hybridized carbons (Fsp3) is 0.455. The molecule has 2 fully saturated rings. The van der Waals surface area contributed by atoms with E-state index in [4.69, 9.17) is 4.74 Å². The number of ether oxygens (including phenoxy) is 1. The zero-order chi connectivity index (χ0) is 17.1. The molecule has 3 nitrogen and oxygen atoms in total. The van der Waals surface area contributed by atoms with Crippen molar-refractivity contribution in [2.45, 2.75) is 43.2 Å². The number of nitrogens with one attached hydrogen (secondary N) is 2. The molecule has 2 heterocycles. The molecule has 0 radical (unpaired) electrons. The number of hydrogen-bond donors (Lipinski definition) is 2. The minimum atomic E-state index is 0.179. The van der Waals surface area contributed by atoms with Crippen LogP contribution < -0.4 is 15.4 Å². The zero-order valence-corrected chi connectivity index (χ0v) is 15.0. The quantitative estimate of drug-likeness (QED) is 0.888. The maximum Gasteiger partial charge on any atom is 0.122 e. The maximum atomic E-state index is 5.59. The lowest BCUT2D eigenvalue weighted by Gasteiger charge is -2.50. The SMILES string of the molecule is COc1ccccc1[C@H]1CCC2(CCCN[C@@H]2c2ccccc2)NC1. The van der Waals surface area contributed by atoms with Crippen molar-refractivity contribution < 1.29 is 4.74 Å². The summed E-state index contributed by atoms with van der Waals surface area (Å²) in [6.45, 7) is 2.13. The molecule has 1 unspecified atom stereocenters. The summed E-state index contributed by atoms with van der Waals surface area (Å²) >= 11 is 0. The molecule has 2 aromatic rings. The molecule has 3 atom stereocenters. The Bertz CT molecular complexity index is 692. The highest BCUT2D eigenvalue weighted by Crippen LogP contribution is 2.43. The summed E-state index contributed by atoms with van der Waals surface area (Å²) in [5, 5.41) is 7.75. The standard InChI is InChI=1S/C22H28N2O/c1-25-20-11-6-5-10-19(20)18-12-14-22(24-16-18)13-7-15-23-21(22)17-8-3-2-4-9-17/h2-6,8-11,18,21,23-24H,7,12-16H2,1H3/t18-,21+,22?/m0/s1. The summed E-state index contributed by atoms with van der Waals surface area (Å²) in [6, 6.07) is 19.8. The van der Waals surface area contributed by atoms with E-state index < -0.39 is 0 Å². The highest BCUT2D eigenvalue weighted by Gasteiger charge is 2.44. The molecule has 2 aliphatic heterocycles. The third-order valence-corrected chi connectivity index (χ3v) is 6.05. The summed E-state index contributed by atoms with van der Waals surface area (Å²) in [4.78, 5) is 0. The Morgan fingerprint density at radius 3 is 2.56 bits per heavy atom. The van der Waals surface area contributed by atoms with Gasteiger partial charge in [0.05, 0.1) is 13.2 Å². The van der Waals surface area contributed by atoms with Gasteiger partial charge in [0.2, 0.25) is 0 Å². The molecule has 0 saturated carbocycles. The average Bonchev–Trinajstić information content (AvgIpc) is 2.70. The molecular weight excluding hydrogens is 308 g/mol. The number of hydrogen-bond acceptors (Lipinski definition) is 3. The summed E-state index contributed by atoms with van der Waals surface area (Å²) in [7, 11) is 1.77. The predicted molar refractivity (Wildman–Crippen MR) is 102 cm³/mol. The van der Waals surface area contributed by atoms with Gasteiger partial charge in [-0.1, -0.05) is 48.5 Å². The van der Waals surface area contributed by atoms with Crippen LogP contribution in [0.5, 0.6) is 5.75 Å². The second-order valence-corrected chi connectivity index (χ2v) is 7.42. The molecule has 3 heteroatoms. The maximum absolute atomic E-state index is 5.59. The van der Waals surface area contributed by atoms with Crippen LogP contribution in [0.25, 0.3) is 0 Å². The Kier molecular flexibility index (Phi) is 4.78. The van der Waals surface area contributed by atoms with Crippen molar-refractivity contribution >= 4 is 0 Å². The summed E-state index contributed by atoms with van der Waals surface area (Å²) in [6.07, 6.45) is 4.90. The molecule has 0 aliphatic carbocycles. The number of benzene rings is 2. The molecule has 2 aliphatic rings. The van der Waals surface area contributed by atoms with Crippen molar-refractivity contribution in [3.05, 3.63) is 65.7 Å². The Hall–Kier alpha value is -1.84. The fourth-order valence-electron chi connectivity index (χ4n) is 4.75. The van der Waals surface area contributed by atoms with E-state index in [1.807, 2.05) is 0 Å². The molecular formula is C22H28N2O. The van der Waals surface area contributed by atoms with E-state index in [9.17, 15) is 0 Å². The van der Waals surface area contributed by atoms with Crippen LogP contribution in [0.2, 0.25) is 0 Å². The van der Waals surface area contributed by atoms with Crippen molar-refractivity contribution in [2.75, 3.05) is 20.2 Å². The van der Waals surface area contributed by atoms with E-state index in [1.165, 1.54) is 36.8 Å². The number of rotatable bonds is 3. The van der Waals surface area contributed by atoms with Gasteiger partial charge in [-0.25, -0.2) is 0 Å². The smallest absolute Gasteiger partial charge is 0.122 e. The van der Waals surface area contributed by atoms with Crippen LogP contribution in [-0.4, -0.2) is 25.7 Å². The number of para-hydroxylation sites is 1. The molecule has 2 saturated heterocycles. The molecule has 4 rings (SSSR count). The summed E-state index contributed by atoms with van der Waals surface area (Å²) < 4.78 is 5.59. The van der Waals surface area contributed by atoms with Gasteiger partial charge in [0.15, 0.2) is 0 Å². The van der Waals surface area contributed by atoms with Gasteiger partial charge in [0.25, 0.3) is 0 Å². The highest BCUT2D eigenvalue weighted by atomic mass is 16.5. The van der Waals surface area contributed by atoms with Gasteiger partial charge >= 0.3 is 0 Å². The first kappa shape index (κ1) is 16.6. The lowest BCUT2D eigenvalue weighted by molar-refractivity contribution is 0.131. The first-order valence-corrected chi connectivity index (χ1v) is 9.49. The molecule has 2 N–H and O–H groups in total. The van der Waals surface area contributed by atoms with Gasteiger partial charge in [-0.05, 0) is 49.4 Å². The number of methoxy groups -OCH3 is 1. The minimum Gasteiger partial charge on any atom is -0.496 e. The minimum absolute atomic E-state index is 0.179. The topological polar surface area (TPSA) is 33.3 Å². The van der Waals surface area contributed by atoms with Crippen LogP contribution >= 0.6 is 0 Å². The first-order chi connectivity index (χ1) is 12.3. The average molecular weight is 336 g/mol. The number of piperidine rings is 2. The highest BCUT2D eigenvalue weighted by molar-refractivity contribution is 5.37. The van der Waals surface area contributed by atoms with Crippen LogP contribution in [0.3, 0.4) is 0 Å². The van der Waals surface area contributed by atoms with Crippen LogP contribution in [0.4, 0.5) is 0 Å². The largest absolute Gasteiger partial charge is 0.496 e. The van der Waals surface area contributed by atoms with Gasteiger partial charge in [-0.2, -0.15) is 0 Å². The predicted octanol–water partition coefficient (Wildman–Crippen LogP) is 4.03. The monoisotopic (exact) mass is 336 g/mol. The lowest BCUT2D eigenvalue weighted by atomic mass is 9.71. The van der Waals surface area contributed by atoms with E-state index in [2.05, 4.69) is 65.2 Å². The third kappa shape index (κ3) is 3.19. The van der Waals surface area contributed by atoms with E-state index in [0.29, 0.717) is 12.0 Å². The van der Waals surface area contributed by atoms with Gasteiger partial charge < -0.3 is 15.4 Å². The van der Waals surface area contributed by atoms with Gasteiger partial charge in [0, 0.05) is 18.0 Å². The Labute approximate surface area is 150 Å². The molecule has 0 amide bonds. The Morgan fingerprint density at radius 1 is 1.00 bits per heavy atom. The Morgan fingerprint density at radius 2 is 1.80 bits per heavy atom. The second-order valence-electron chi connectivity index (χ2n) is 7.42.